The van der Waals surface area contributed by atoms with Crippen molar-refractivity contribution in [3.05, 3.63) is 23.8 Å². The van der Waals surface area contributed by atoms with Gasteiger partial charge < -0.3 is 9.64 Å². The third kappa shape index (κ3) is 2.11. The highest BCUT2D eigenvalue weighted by Gasteiger charge is 2.16. The van der Waals surface area contributed by atoms with E-state index in [4.69, 9.17) is 10.00 Å². The van der Waals surface area contributed by atoms with Crippen molar-refractivity contribution in [3.63, 3.8) is 0 Å². The Balaban J connectivity index is 2.22. The molecule has 0 fully saturated rings. The standard InChI is InChI=1S/C13H16N2O/c1-16-12-5-6-13-11(10-12)4-2-8-15(13)9-3-7-14/h5-6,10H,2-4,8-9H2,1H3. The van der Waals surface area contributed by atoms with Gasteiger partial charge in [-0.15, -0.1) is 0 Å². The number of nitrogens with zero attached hydrogens (tertiary/aromatic N) is 2. The lowest BCUT2D eigenvalue weighted by Crippen LogP contribution is -2.30. The van der Waals surface area contributed by atoms with Gasteiger partial charge in [0.25, 0.3) is 0 Å². The minimum atomic E-state index is 0.589. The van der Waals surface area contributed by atoms with Gasteiger partial charge >= 0.3 is 0 Å². The molecule has 84 valence electrons. The number of benzene rings is 1. The Morgan fingerprint density at radius 2 is 2.38 bits per heavy atom. The summed E-state index contributed by atoms with van der Waals surface area (Å²) in [5.41, 5.74) is 2.60. The fourth-order valence-corrected chi connectivity index (χ4v) is 2.20. The fourth-order valence-electron chi connectivity index (χ4n) is 2.20. The van der Waals surface area contributed by atoms with E-state index < -0.39 is 0 Å². The Morgan fingerprint density at radius 1 is 1.50 bits per heavy atom. The first-order chi connectivity index (χ1) is 7.85. The Hall–Kier alpha value is -1.69. The lowest BCUT2D eigenvalue weighted by Gasteiger charge is -2.30. The van der Waals surface area contributed by atoms with Crippen molar-refractivity contribution in [1.29, 1.82) is 5.26 Å². The van der Waals surface area contributed by atoms with Gasteiger partial charge in [0, 0.05) is 18.8 Å². The van der Waals surface area contributed by atoms with Crippen molar-refractivity contribution in [2.45, 2.75) is 19.3 Å². The number of fused-ring (bicyclic) bond motifs is 1. The average Bonchev–Trinajstić information content (AvgIpc) is 2.35. The molecule has 0 radical (unpaired) electrons. The van der Waals surface area contributed by atoms with E-state index in [2.05, 4.69) is 23.1 Å². The predicted octanol–water partition coefficient (Wildman–Crippen LogP) is 2.36. The van der Waals surface area contributed by atoms with E-state index in [-0.39, 0.29) is 0 Å². The molecule has 0 unspecified atom stereocenters. The molecule has 1 aromatic rings. The molecular formula is C13H16N2O. The molecule has 1 aromatic carbocycles. The molecule has 3 nitrogen and oxygen atoms in total. The fraction of sp³-hybridized carbons (Fsp3) is 0.462. The molecule has 1 aliphatic rings. The molecule has 0 saturated carbocycles. The van der Waals surface area contributed by atoms with Crippen molar-refractivity contribution in [3.8, 4) is 11.8 Å². The smallest absolute Gasteiger partial charge is 0.119 e. The lowest BCUT2D eigenvalue weighted by molar-refractivity contribution is 0.414. The second-order valence-corrected chi connectivity index (χ2v) is 3.99. The first kappa shape index (κ1) is 10.8. The minimum absolute atomic E-state index is 0.589. The molecule has 3 heteroatoms. The van der Waals surface area contributed by atoms with Gasteiger partial charge in [-0.25, -0.2) is 0 Å². The summed E-state index contributed by atoms with van der Waals surface area (Å²) in [5.74, 6) is 0.917. The van der Waals surface area contributed by atoms with Crippen molar-refractivity contribution < 1.29 is 4.74 Å². The number of hydrogen-bond donors (Lipinski definition) is 0. The molecule has 0 aromatic heterocycles. The third-order valence-corrected chi connectivity index (χ3v) is 3.00. The van der Waals surface area contributed by atoms with Crippen molar-refractivity contribution >= 4 is 5.69 Å². The molecule has 0 spiro atoms. The Labute approximate surface area is 96.2 Å². The van der Waals surface area contributed by atoms with E-state index in [1.165, 1.54) is 11.3 Å². The molecule has 0 amide bonds. The van der Waals surface area contributed by atoms with Crippen LogP contribution in [0.25, 0.3) is 0 Å². The Kier molecular flexibility index (Phi) is 3.31. The van der Waals surface area contributed by atoms with Crippen molar-refractivity contribution in [1.82, 2.24) is 0 Å². The van der Waals surface area contributed by atoms with Gasteiger partial charge in [-0.2, -0.15) is 5.26 Å². The predicted molar refractivity (Wildman–Crippen MR) is 63.8 cm³/mol. The minimum Gasteiger partial charge on any atom is -0.497 e. The summed E-state index contributed by atoms with van der Waals surface area (Å²) in [5, 5.41) is 8.63. The van der Waals surface area contributed by atoms with Gasteiger partial charge in [0.1, 0.15) is 5.75 Å². The highest BCUT2D eigenvalue weighted by Crippen LogP contribution is 2.30. The summed E-state index contributed by atoms with van der Waals surface area (Å²) >= 11 is 0. The van der Waals surface area contributed by atoms with E-state index in [1.54, 1.807) is 7.11 Å². The Morgan fingerprint density at radius 3 is 3.12 bits per heavy atom. The summed E-state index contributed by atoms with van der Waals surface area (Å²) in [6, 6.07) is 8.40. The molecule has 2 rings (SSSR count). The van der Waals surface area contributed by atoms with E-state index in [1.807, 2.05) is 6.07 Å². The van der Waals surface area contributed by atoms with Gasteiger partial charge in [0.2, 0.25) is 0 Å². The first-order valence-electron chi connectivity index (χ1n) is 5.64. The van der Waals surface area contributed by atoms with Crippen molar-refractivity contribution in [2.24, 2.45) is 0 Å². The number of nitriles is 1. The van der Waals surface area contributed by atoms with Crippen LogP contribution in [-0.4, -0.2) is 20.2 Å². The van der Waals surface area contributed by atoms with Crippen LogP contribution in [0.3, 0.4) is 0 Å². The molecular weight excluding hydrogens is 200 g/mol. The summed E-state index contributed by atoms with van der Waals surface area (Å²) in [6.07, 6.45) is 2.85. The maximum atomic E-state index is 8.63. The maximum absolute atomic E-state index is 8.63. The van der Waals surface area contributed by atoms with Gasteiger partial charge in [0.15, 0.2) is 0 Å². The second kappa shape index (κ2) is 4.89. The van der Waals surface area contributed by atoms with Crippen molar-refractivity contribution in [2.75, 3.05) is 25.1 Å². The van der Waals surface area contributed by atoms with Gasteiger partial charge in [0.05, 0.1) is 19.6 Å². The quantitative estimate of drug-likeness (QED) is 0.778. The van der Waals surface area contributed by atoms with Crippen LogP contribution in [0.5, 0.6) is 5.75 Å². The molecule has 1 heterocycles. The lowest BCUT2D eigenvalue weighted by atomic mass is 10.0. The molecule has 16 heavy (non-hydrogen) atoms. The molecule has 0 N–H and O–H groups in total. The second-order valence-electron chi connectivity index (χ2n) is 3.99. The van der Waals surface area contributed by atoms with Gasteiger partial charge in [-0.05, 0) is 36.6 Å². The SMILES string of the molecule is COc1ccc2c(c1)CCCN2CCC#N. The molecule has 0 saturated heterocycles. The normalized spacial score (nSPS) is 14.1. The van der Waals surface area contributed by atoms with Crippen LogP contribution in [0, 0.1) is 11.3 Å². The van der Waals surface area contributed by atoms with E-state index >= 15 is 0 Å². The number of hydrogen-bond acceptors (Lipinski definition) is 3. The third-order valence-electron chi connectivity index (χ3n) is 3.00. The number of methoxy groups -OCH3 is 1. The number of ether oxygens (including phenoxy) is 1. The first-order valence-corrected chi connectivity index (χ1v) is 5.64. The van der Waals surface area contributed by atoms with Crippen LogP contribution in [0.2, 0.25) is 0 Å². The van der Waals surface area contributed by atoms with E-state index in [0.717, 1.165) is 31.7 Å². The highest BCUT2D eigenvalue weighted by atomic mass is 16.5. The topological polar surface area (TPSA) is 36.3 Å². The molecule has 1 aliphatic heterocycles. The Bertz CT molecular complexity index is 409. The van der Waals surface area contributed by atoms with E-state index in [9.17, 15) is 0 Å². The summed E-state index contributed by atoms with van der Waals surface area (Å²) in [4.78, 5) is 2.29. The van der Waals surface area contributed by atoms with Crippen LogP contribution in [0.15, 0.2) is 18.2 Å². The summed E-state index contributed by atoms with van der Waals surface area (Å²) in [7, 11) is 1.69. The number of anilines is 1. The molecule has 0 atom stereocenters. The number of aryl methyl sites for hydroxylation is 1. The van der Waals surface area contributed by atoms with Gasteiger partial charge in [-0.1, -0.05) is 0 Å². The average molecular weight is 216 g/mol. The van der Waals surface area contributed by atoms with Crippen LogP contribution in [-0.2, 0) is 6.42 Å². The zero-order valence-electron chi connectivity index (χ0n) is 9.57. The zero-order valence-corrected chi connectivity index (χ0v) is 9.57. The van der Waals surface area contributed by atoms with Crippen LogP contribution < -0.4 is 9.64 Å². The zero-order chi connectivity index (χ0) is 11.4. The highest BCUT2D eigenvalue weighted by molar-refractivity contribution is 5.58. The largest absolute Gasteiger partial charge is 0.497 e. The van der Waals surface area contributed by atoms with Crippen LogP contribution >= 0.6 is 0 Å². The maximum Gasteiger partial charge on any atom is 0.119 e. The van der Waals surface area contributed by atoms with Gasteiger partial charge in [-0.3, -0.25) is 0 Å². The summed E-state index contributed by atoms with van der Waals surface area (Å²) < 4.78 is 5.23. The molecule has 0 aliphatic carbocycles. The van der Waals surface area contributed by atoms with Crippen LogP contribution in [0.1, 0.15) is 18.4 Å². The monoisotopic (exact) mass is 216 g/mol. The number of rotatable bonds is 3. The van der Waals surface area contributed by atoms with E-state index in [0.29, 0.717) is 6.42 Å². The molecule has 0 bridgehead atoms. The van der Waals surface area contributed by atoms with Crippen LogP contribution in [0.4, 0.5) is 5.69 Å². The summed E-state index contributed by atoms with van der Waals surface area (Å²) in [6.45, 7) is 1.89.